The van der Waals surface area contributed by atoms with Gasteiger partial charge in [0.05, 0.1) is 13.3 Å². The van der Waals surface area contributed by atoms with Gasteiger partial charge in [-0.05, 0) is 17.0 Å². The summed E-state index contributed by atoms with van der Waals surface area (Å²) in [5.41, 5.74) is 2.19. The number of ether oxygens (including phenoxy) is 1. The number of methoxy groups -OCH3 is 1. The lowest BCUT2D eigenvalue weighted by atomic mass is 9.84. The van der Waals surface area contributed by atoms with Crippen molar-refractivity contribution < 1.29 is 9.53 Å². The van der Waals surface area contributed by atoms with Crippen molar-refractivity contribution in [1.29, 1.82) is 0 Å². The predicted molar refractivity (Wildman–Crippen MR) is 88.8 cm³/mol. The quantitative estimate of drug-likeness (QED) is 0.791. The van der Waals surface area contributed by atoms with Crippen LogP contribution < -0.4 is 10.1 Å². The van der Waals surface area contributed by atoms with Gasteiger partial charge in [0, 0.05) is 30.3 Å². The Morgan fingerprint density at radius 2 is 1.96 bits per heavy atom. The smallest absolute Gasteiger partial charge is 0.226 e. The summed E-state index contributed by atoms with van der Waals surface area (Å²) < 4.78 is 7.18. The first-order chi connectivity index (χ1) is 11.2. The maximum absolute atomic E-state index is 12.1. The van der Waals surface area contributed by atoms with Crippen LogP contribution in [-0.4, -0.2) is 22.8 Å². The first kappa shape index (κ1) is 13.8. The number of aromatic nitrogens is 2. The summed E-state index contributed by atoms with van der Waals surface area (Å²) in [7, 11) is 3.52. The molecule has 1 N–H and O–H groups in total. The molecule has 116 valence electrons. The Balaban J connectivity index is 1.95. The molecular weight excluding hydrogens is 290 g/mol. The molecule has 1 aromatic heterocycles. The lowest BCUT2D eigenvalue weighted by Gasteiger charge is -2.24. The number of amides is 1. The van der Waals surface area contributed by atoms with Gasteiger partial charge in [0.2, 0.25) is 5.91 Å². The Morgan fingerprint density at radius 3 is 2.74 bits per heavy atom. The van der Waals surface area contributed by atoms with Crippen molar-refractivity contribution in [3.8, 4) is 5.75 Å². The molecule has 1 aliphatic rings. The van der Waals surface area contributed by atoms with Gasteiger partial charge in [-0.2, -0.15) is 5.10 Å². The molecule has 5 nitrogen and oxygen atoms in total. The van der Waals surface area contributed by atoms with Gasteiger partial charge in [0.25, 0.3) is 0 Å². The van der Waals surface area contributed by atoms with E-state index in [1.165, 1.54) is 0 Å². The molecule has 0 radical (unpaired) electrons. The van der Waals surface area contributed by atoms with E-state index in [1.54, 1.807) is 11.8 Å². The summed E-state index contributed by atoms with van der Waals surface area (Å²) in [6, 6.07) is 12.2. The number of carbonyl (C=O) groups is 1. The molecule has 0 fully saturated rings. The largest absolute Gasteiger partial charge is 0.496 e. The lowest BCUT2D eigenvalue weighted by molar-refractivity contribution is -0.116. The number of hydrogen-bond donors (Lipinski definition) is 1. The van der Waals surface area contributed by atoms with Crippen molar-refractivity contribution in [2.45, 2.75) is 12.3 Å². The maximum atomic E-state index is 12.1. The average Bonchev–Trinajstić information content (AvgIpc) is 2.94. The molecular formula is C18H17N3O2. The fraction of sp³-hybridized carbons (Fsp3) is 0.222. The van der Waals surface area contributed by atoms with Crippen molar-refractivity contribution in [2.75, 3.05) is 12.4 Å². The average molecular weight is 307 g/mol. The second-order valence-electron chi connectivity index (χ2n) is 5.78. The molecule has 2 heterocycles. The van der Waals surface area contributed by atoms with Crippen molar-refractivity contribution in [3.63, 3.8) is 0 Å². The third-order valence-corrected chi connectivity index (χ3v) is 4.50. The number of hydrogen-bond acceptors (Lipinski definition) is 3. The van der Waals surface area contributed by atoms with Crippen molar-refractivity contribution >= 4 is 22.5 Å². The van der Waals surface area contributed by atoms with Crippen LogP contribution in [0.15, 0.2) is 42.6 Å². The number of nitrogens with zero attached hydrogens (tertiary/aromatic N) is 2. The summed E-state index contributed by atoms with van der Waals surface area (Å²) in [4.78, 5) is 12.1. The maximum Gasteiger partial charge on any atom is 0.226 e. The van der Waals surface area contributed by atoms with Crippen LogP contribution in [0.25, 0.3) is 10.8 Å². The highest BCUT2D eigenvalue weighted by molar-refractivity contribution is 5.97. The first-order valence-corrected chi connectivity index (χ1v) is 7.56. The third kappa shape index (κ3) is 2.08. The minimum absolute atomic E-state index is 0.00301. The summed E-state index contributed by atoms with van der Waals surface area (Å²) in [5.74, 6) is 1.65. The van der Waals surface area contributed by atoms with Crippen LogP contribution in [0.1, 0.15) is 23.5 Å². The molecule has 0 saturated carbocycles. The highest BCUT2D eigenvalue weighted by atomic mass is 16.5. The van der Waals surface area contributed by atoms with Gasteiger partial charge in [-0.15, -0.1) is 0 Å². The van der Waals surface area contributed by atoms with Gasteiger partial charge >= 0.3 is 0 Å². The Hall–Kier alpha value is -2.82. The van der Waals surface area contributed by atoms with Crippen LogP contribution in [0.4, 0.5) is 5.82 Å². The summed E-state index contributed by atoms with van der Waals surface area (Å²) in [6.07, 6.45) is 2.27. The van der Waals surface area contributed by atoms with E-state index in [0.717, 1.165) is 33.5 Å². The molecule has 0 aliphatic carbocycles. The second-order valence-corrected chi connectivity index (χ2v) is 5.78. The molecule has 23 heavy (non-hydrogen) atoms. The Kier molecular flexibility index (Phi) is 3.08. The Bertz CT molecular complexity index is 914. The monoisotopic (exact) mass is 307 g/mol. The first-order valence-electron chi connectivity index (χ1n) is 7.56. The third-order valence-electron chi connectivity index (χ3n) is 4.50. The van der Waals surface area contributed by atoms with Gasteiger partial charge in [0.15, 0.2) is 0 Å². The molecule has 3 aromatic rings. The highest BCUT2D eigenvalue weighted by Gasteiger charge is 2.30. The number of benzene rings is 2. The Morgan fingerprint density at radius 1 is 1.17 bits per heavy atom. The fourth-order valence-corrected chi connectivity index (χ4v) is 3.40. The van der Waals surface area contributed by atoms with Crippen LogP contribution in [0.2, 0.25) is 0 Å². The fourth-order valence-electron chi connectivity index (χ4n) is 3.40. The van der Waals surface area contributed by atoms with Crippen molar-refractivity contribution in [2.24, 2.45) is 7.05 Å². The van der Waals surface area contributed by atoms with Crippen LogP contribution in [0.5, 0.6) is 5.75 Å². The van der Waals surface area contributed by atoms with Gasteiger partial charge < -0.3 is 10.1 Å². The summed E-state index contributed by atoms with van der Waals surface area (Å²) >= 11 is 0. The molecule has 4 rings (SSSR count). The number of nitrogens with one attached hydrogen (secondary N) is 1. The molecule has 0 bridgehead atoms. The predicted octanol–water partition coefficient (Wildman–Crippen LogP) is 3.06. The molecule has 1 unspecified atom stereocenters. The zero-order valence-electron chi connectivity index (χ0n) is 13.0. The lowest BCUT2D eigenvalue weighted by Crippen LogP contribution is -2.24. The molecule has 0 spiro atoms. The molecule has 1 aliphatic heterocycles. The van der Waals surface area contributed by atoms with Crippen molar-refractivity contribution in [3.05, 3.63) is 53.7 Å². The number of carbonyl (C=O) groups excluding carboxylic acids is 1. The molecule has 0 saturated heterocycles. The van der Waals surface area contributed by atoms with Gasteiger partial charge in [-0.3, -0.25) is 9.48 Å². The van der Waals surface area contributed by atoms with E-state index < -0.39 is 0 Å². The molecule has 5 heteroatoms. The van der Waals surface area contributed by atoms with Crippen LogP contribution in [0.3, 0.4) is 0 Å². The van der Waals surface area contributed by atoms with Crippen LogP contribution in [-0.2, 0) is 11.8 Å². The molecule has 1 amide bonds. The minimum atomic E-state index is 0.00301. The van der Waals surface area contributed by atoms with E-state index in [0.29, 0.717) is 6.42 Å². The number of anilines is 1. The minimum Gasteiger partial charge on any atom is -0.496 e. The second kappa shape index (κ2) is 5.12. The number of aryl methyl sites for hydroxylation is 1. The zero-order chi connectivity index (χ0) is 16.0. The summed E-state index contributed by atoms with van der Waals surface area (Å²) in [5, 5.41) is 9.39. The summed E-state index contributed by atoms with van der Waals surface area (Å²) in [6.45, 7) is 0. The van der Waals surface area contributed by atoms with Crippen molar-refractivity contribution in [1.82, 2.24) is 9.78 Å². The number of rotatable bonds is 2. The van der Waals surface area contributed by atoms with E-state index in [4.69, 9.17) is 4.74 Å². The molecule has 2 aromatic carbocycles. The number of fused-ring (bicyclic) bond motifs is 2. The van der Waals surface area contributed by atoms with E-state index >= 15 is 0 Å². The van der Waals surface area contributed by atoms with Gasteiger partial charge in [-0.25, -0.2) is 0 Å². The van der Waals surface area contributed by atoms with Gasteiger partial charge in [0.1, 0.15) is 11.6 Å². The van der Waals surface area contributed by atoms with Gasteiger partial charge in [-0.1, -0.05) is 30.3 Å². The van der Waals surface area contributed by atoms with Crippen LogP contribution in [0, 0.1) is 0 Å². The zero-order valence-corrected chi connectivity index (χ0v) is 13.0. The topological polar surface area (TPSA) is 56.1 Å². The van der Waals surface area contributed by atoms with E-state index in [1.807, 2.05) is 37.5 Å². The standard InChI is InChI=1S/C18H17N3O2/c1-21-18-15(10-19-21)14(9-17(22)20-18)12-7-8-16(23-2)13-6-4-3-5-11(12)13/h3-8,10,14H,9H2,1-2H3,(H,20,22). The SMILES string of the molecule is COc1ccc(C2CC(=O)Nc3c2cnn3C)c2ccccc12. The van der Waals surface area contributed by atoms with Crippen LogP contribution >= 0.6 is 0 Å². The Labute approximate surface area is 133 Å². The van der Waals surface area contributed by atoms with E-state index in [9.17, 15) is 4.79 Å². The van der Waals surface area contributed by atoms with E-state index in [-0.39, 0.29) is 11.8 Å². The molecule has 1 atom stereocenters. The highest BCUT2D eigenvalue weighted by Crippen LogP contribution is 2.41. The normalized spacial score (nSPS) is 17.0. The van der Waals surface area contributed by atoms with E-state index in [2.05, 4.69) is 22.5 Å².